The van der Waals surface area contributed by atoms with Crippen molar-refractivity contribution in [3.8, 4) is 5.88 Å². The molecule has 6 unspecified atom stereocenters. The molecule has 2 aliphatic heterocycles. The third-order valence-corrected chi connectivity index (χ3v) is 7.55. The number of phosphoric acid groups is 1. The van der Waals surface area contributed by atoms with Crippen LogP contribution in [0.2, 0.25) is 0 Å². The molecule has 15 heteroatoms. The van der Waals surface area contributed by atoms with Gasteiger partial charge in [0.2, 0.25) is 11.8 Å². The number of anilines is 1. The first-order valence-corrected chi connectivity index (χ1v) is 13.5. The van der Waals surface area contributed by atoms with Gasteiger partial charge in [0.15, 0.2) is 23.5 Å². The van der Waals surface area contributed by atoms with E-state index in [1.807, 2.05) is 0 Å². The van der Waals surface area contributed by atoms with Crippen LogP contribution >= 0.6 is 7.82 Å². The summed E-state index contributed by atoms with van der Waals surface area (Å²) >= 11 is 0. The topological polar surface area (TPSA) is 179 Å². The Kier molecular flexibility index (Phi) is 7.11. The van der Waals surface area contributed by atoms with Crippen LogP contribution in [0.5, 0.6) is 5.88 Å². The Morgan fingerprint density at radius 2 is 2.05 bits per heavy atom. The zero-order valence-corrected chi connectivity index (χ0v) is 21.8. The van der Waals surface area contributed by atoms with Crippen molar-refractivity contribution in [3.05, 3.63) is 42.2 Å². The zero-order chi connectivity index (χ0) is 27.1. The standard InChI is InChI=1S/C23H28N5O9P/c1-4-32-19-15-18(26-22(24)27-19)28(12-25-15)21-23(3,30)17-14(35-21)11-34-38(31,37-17)36-16(20(29)33-5-2)13-9-7-6-8-10-13/h6-10,12,14,16-17,21,30H,4-5,11H2,1-3H3,(H2,24,26,27). The summed E-state index contributed by atoms with van der Waals surface area (Å²) in [6.07, 6.45) is -3.05. The Hall–Kier alpha value is -3.13. The molecule has 38 heavy (non-hydrogen) atoms. The summed E-state index contributed by atoms with van der Waals surface area (Å²) in [4.78, 5) is 25.3. The first-order chi connectivity index (χ1) is 18.2. The lowest BCUT2D eigenvalue weighted by Crippen LogP contribution is -2.47. The number of carbonyl (C=O) groups excluding carboxylic acids is 1. The van der Waals surface area contributed by atoms with Crippen LogP contribution in [0, 0.1) is 0 Å². The number of aromatic nitrogens is 4. The SMILES string of the molecule is CCOC(=O)C(OP1(=O)OCC2OC(n3cnc4c(OCC)nc(N)nc43)C(C)(O)C2O1)c1ccccc1. The quantitative estimate of drug-likeness (QED) is 0.309. The lowest BCUT2D eigenvalue weighted by atomic mass is 9.96. The Labute approximate surface area is 217 Å². The van der Waals surface area contributed by atoms with E-state index in [0.29, 0.717) is 17.7 Å². The summed E-state index contributed by atoms with van der Waals surface area (Å²) in [7, 11) is -4.37. The minimum absolute atomic E-state index is 0.0545. The molecule has 5 rings (SSSR count). The second-order valence-corrected chi connectivity index (χ2v) is 10.4. The number of rotatable bonds is 8. The maximum absolute atomic E-state index is 13.6. The highest BCUT2D eigenvalue weighted by molar-refractivity contribution is 7.48. The molecule has 0 radical (unpaired) electrons. The van der Waals surface area contributed by atoms with Gasteiger partial charge in [-0.25, -0.2) is 14.3 Å². The maximum atomic E-state index is 13.6. The van der Waals surface area contributed by atoms with E-state index >= 15 is 0 Å². The Morgan fingerprint density at radius 1 is 1.29 bits per heavy atom. The molecule has 0 saturated carbocycles. The highest BCUT2D eigenvalue weighted by atomic mass is 31.2. The molecule has 3 N–H and O–H groups in total. The normalized spacial score (nSPS) is 29.6. The minimum Gasteiger partial charge on any atom is -0.476 e. The lowest BCUT2D eigenvalue weighted by molar-refractivity contribution is -0.155. The number of benzene rings is 1. The number of hydrogen-bond donors (Lipinski definition) is 2. The van der Waals surface area contributed by atoms with E-state index in [9.17, 15) is 14.5 Å². The largest absolute Gasteiger partial charge is 0.476 e. The van der Waals surface area contributed by atoms with Crippen LogP contribution < -0.4 is 10.5 Å². The summed E-state index contributed by atoms with van der Waals surface area (Å²) in [5.41, 5.74) is 5.07. The van der Waals surface area contributed by atoms with Gasteiger partial charge in [0.25, 0.3) is 0 Å². The van der Waals surface area contributed by atoms with Crippen molar-refractivity contribution in [2.75, 3.05) is 25.6 Å². The second kappa shape index (κ2) is 10.2. The molecule has 1 aromatic carbocycles. The van der Waals surface area contributed by atoms with Crippen molar-refractivity contribution in [1.82, 2.24) is 19.5 Å². The van der Waals surface area contributed by atoms with Crippen LogP contribution in [-0.2, 0) is 32.4 Å². The van der Waals surface area contributed by atoms with Gasteiger partial charge in [-0.15, -0.1) is 0 Å². The highest BCUT2D eigenvalue weighted by Gasteiger charge is 2.61. The molecule has 6 atom stereocenters. The first-order valence-electron chi connectivity index (χ1n) is 12.0. The van der Waals surface area contributed by atoms with Crippen LogP contribution in [0.25, 0.3) is 11.2 Å². The molecule has 2 aromatic heterocycles. The van der Waals surface area contributed by atoms with E-state index in [0.717, 1.165) is 0 Å². The molecule has 14 nitrogen and oxygen atoms in total. The van der Waals surface area contributed by atoms with Gasteiger partial charge in [0, 0.05) is 0 Å². The molecule has 0 bridgehead atoms. The summed E-state index contributed by atoms with van der Waals surface area (Å²) in [6.45, 7) is 5.06. The van der Waals surface area contributed by atoms with Gasteiger partial charge in [-0.05, 0) is 26.3 Å². The number of hydrogen-bond acceptors (Lipinski definition) is 13. The number of esters is 1. The van der Waals surface area contributed by atoms with Crippen LogP contribution in [0.4, 0.5) is 5.95 Å². The number of nitrogens with two attached hydrogens (primary N) is 1. The van der Waals surface area contributed by atoms with Gasteiger partial charge < -0.3 is 25.1 Å². The summed E-state index contributed by atoms with van der Waals surface area (Å²) in [5, 5.41) is 11.6. The van der Waals surface area contributed by atoms with E-state index in [-0.39, 0.29) is 30.7 Å². The van der Waals surface area contributed by atoms with Gasteiger partial charge in [-0.3, -0.25) is 18.1 Å². The number of fused-ring (bicyclic) bond motifs is 2. The van der Waals surface area contributed by atoms with E-state index in [2.05, 4.69) is 15.0 Å². The molecule has 204 valence electrons. The highest BCUT2D eigenvalue weighted by Crippen LogP contribution is 2.61. The van der Waals surface area contributed by atoms with Crippen LogP contribution in [0.15, 0.2) is 36.7 Å². The molecule has 2 saturated heterocycles. The fourth-order valence-corrected chi connectivity index (χ4v) is 6.05. The minimum atomic E-state index is -4.37. The summed E-state index contributed by atoms with van der Waals surface area (Å²) < 4.78 is 48.6. The maximum Gasteiger partial charge on any atom is 0.476 e. The molecular weight excluding hydrogens is 521 g/mol. The fourth-order valence-electron chi connectivity index (χ4n) is 4.46. The third kappa shape index (κ3) is 4.75. The third-order valence-electron chi connectivity index (χ3n) is 6.13. The van der Waals surface area contributed by atoms with Gasteiger partial charge in [0.05, 0.1) is 26.1 Å². The van der Waals surface area contributed by atoms with Gasteiger partial charge in [-0.2, -0.15) is 9.97 Å². The van der Waals surface area contributed by atoms with Crippen molar-refractivity contribution >= 4 is 30.9 Å². The van der Waals surface area contributed by atoms with Crippen molar-refractivity contribution in [2.45, 2.75) is 50.9 Å². The second-order valence-electron chi connectivity index (χ2n) is 8.81. The fraction of sp³-hybridized carbons (Fsp3) is 0.478. The molecule has 0 amide bonds. The molecule has 4 heterocycles. The van der Waals surface area contributed by atoms with E-state index < -0.39 is 43.9 Å². The molecule has 2 fully saturated rings. The van der Waals surface area contributed by atoms with E-state index in [4.69, 9.17) is 33.5 Å². The van der Waals surface area contributed by atoms with Crippen LogP contribution in [-0.4, -0.2) is 68.2 Å². The smallest absolute Gasteiger partial charge is 0.476 e. The van der Waals surface area contributed by atoms with Crippen molar-refractivity contribution < 1.29 is 42.2 Å². The predicted octanol–water partition coefficient (Wildman–Crippen LogP) is 2.30. The molecule has 2 aliphatic rings. The number of nitrogens with zero attached hydrogens (tertiary/aromatic N) is 4. The molecular formula is C23H28N5O9P. The Bertz CT molecular complexity index is 1370. The summed E-state index contributed by atoms with van der Waals surface area (Å²) in [6, 6.07) is 8.40. The number of ether oxygens (including phenoxy) is 3. The van der Waals surface area contributed by atoms with Crippen LogP contribution in [0.3, 0.4) is 0 Å². The molecule has 3 aromatic rings. The van der Waals surface area contributed by atoms with Gasteiger partial charge in [0.1, 0.15) is 17.8 Å². The van der Waals surface area contributed by atoms with Gasteiger partial charge in [-0.1, -0.05) is 30.3 Å². The predicted molar refractivity (Wildman–Crippen MR) is 131 cm³/mol. The number of imidazole rings is 1. The van der Waals surface area contributed by atoms with E-state index in [1.165, 1.54) is 17.8 Å². The average molecular weight is 549 g/mol. The summed E-state index contributed by atoms with van der Waals surface area (Å²) in [5.74, 6) is -0.629. The number of carbonyl (C=O) groups is 1. The number of aliphatic hydroxyl groups is 1. The van der Waals surface area contributed by atoms with Crippen molar-refractivity contribution in [3.63, 3.8) is 0 Å². The monoisotopic (exact) mass is 549 g/mol. The lowest BCUT2D eigenvalue weighted by Gasteiger charge is -2.35. The van der Waals surface area contributed by atoms with Crippen molar-refractivity contribution in [2.24, 2.45) is 0 Å². The average Bonchev–Trinajstić information content (AvgIpc) is 3.41. The molecule has 0 aliphatic carbocycles. The zero-order valence-electron chi connectivity index (χ0n) is 20.9. The number of phosphoric ester groups is 1. The Morgan fingerprint density at radius 3 is 2.76 bits per heavy atom. The van der Waals surface area contributed by atoms with Crippen molar-refractivity contribution in [1.29, 1.82) is 0 Å². The molecule has 0 spiro atoms. The number of nitrogen functional groups attached to an aromatic ring is 1. The van der Waals surface area contributed by atoms with Crippen LogP contribution in [0.1, 0.15) is 38.7 Å². The first kappa shape index (κ1) is 26.5. The van der Waals surface area contributed by atoms with Gasteiger partial charge >= 0.3 is 13.8 Å². The Balaban J connectivity index is 1.43. The van der Waals surface area contributed by atoms with E-state index in [1.54, 1.807) is 44.2 Å².